The number of nitrogens with one attached hydrogen (secondary N) is 1. The van der Waals surface area contributed by atoms with Crippen molar-refractivity contribution in [3.63, 3.8) is 0 Å². The molecule has 19 heavy (non-hydrogen) atoms. The predicted molar refractivity (Wildman–Crippen MR) is 76.8 cm³/mol. The van der Waals surface area contributed by atoms with Gasteiger partial charge in [-0.25, -0.2) is 0 Å². The van der Waals surface area contributed by atoms with Gasteiger partial charge in [0.2, 0.25) is 6.79 Å². The van der Waals surface area contributed by atoms with Gasteiger partial charge in [0.15, 0.2) is 11.5 Å². The lowest BCUT2D eigenvalue weighted by Crippen LogP contribution is -2.33. The third-order valence-electron chi connectivity index (χ3n) is 3.35. The number of hydrogen-bond acceptors (Lipinski definition) is 4. The summed E-state index contributed by atoms with van der Waals surface area (Å²) in [4.78, 5) is 2.36. The second-order valence-electron chi connectivity index (χ2n) is 4.99. The van der Waals surface area contributed by atoms with E-state index in [9.17, 15) is 0 Å². The van der Waals surface area contributed by atoms with Crippen LogP contribution in [0.4, 0.5) is 0 Å². The Hall–Kier alpha value is -1.26. The summed E-state index contributed by atoms with van der Waals surface area (Å²) in [7, 11) is 2.17. The van der Waals surface area contributed by atoms with Crippen LogP contribution in [0.5, 0.6) is 11.5 Å². The van der Waals surface area contributed by atoms with Gasteiger partial charge in [0.1, 0.15) is 0 Å². The summed E-state index contributed by atoms with van der Waals surface area (Å²) in [6.07, 6.45) is 1.18. The van der Waals surface area contributed by atoms with Crippen LogP contribution < -0.4 is 14.8 Å². The molecule has 0 aromatic heterocycles. The van der Waals surface area contributed by atoms with Crippen molar-refractivity contribution >= 4 is 0 Å². The molecular formula is C15H24N2O2. The van der Waals surface area contributed by atoms with Crippen molar-refractivity contribution in [2.45, 2.75) is 26.3 Å². The second kappa shape index (κ2) is 6.78. The van der Waals surface area contributed by atoms with Crippen LogP contribution in [0.1, 0.15) is 31.9 Å². The average Bonchev–Trinajstić information content (AvgIpc) is 2.85. The van der Waals surface area contributed by atoms with E-state index in [0.29, 0.717) is 12.8 Å². The minimum atomic E-state index is 0.330. The largest absolute Gasteiger partial charge is 0.454 e. The maximum absolute atomic E-state index is 5.46. The number of ether oxygens (including phenoxy) is 2. The van der Waals surface area contributed by atoms with Crippen LogP contribution in [0, 0.1) is 0 Å². The van der Waals surface area contributed by atoms with Crippen LogP contribution in [-0.4, -0.2) is 38.4 Å². The molecule has 0 fully saturated rings. The standard InChI is InChI=1S/C15H24N2O2/c1-4-8-17(3)10-13(16-5-2)12-6-7-14-15(9-12)19-11-18-14/h6-7,9,13,16H,4-5,8,10-11H2,1-3H3. The van der Waals surface area contributed by atoms with Crippen molar-refractivity contribution < 1.29 is 9.47 Å². The van der Waals surface area contributed by atoms with Crippen LogP contribution >= 0.6 is 0 Å². The Bertz CT molecular complexity index is 409. The lowest BCUT2D eigenvalue weighted by Gasteiger charge is -2.25. The molecule has 4 nitrogen and oxygen atoms in total. The molecule has 2 rings (SSSR count). The van der Waals surface area contributed by atoms with Crippen molar-refractivity contribution in [2.75, 3.05) is 33.5 Å². The van der Waals surface area contributed by atoms with E-state index in [4.69, 9.17) is 9.47 Å². The van der Waals surface area contributed by atoms with E-state index in [-0.39, 0.29) is 0 Å². The molecule has 1 aromatic rings. The average molecular weight is 264 g/mol. The van der Waals surface area contributed by atoms with Gasteiger partial charge in [-0.05, 0) is 44.3 Å². The molecule has 0 saturated heterocycles. The zero-order valence-corrected chi connectivity index (χ0v) is 12.1. The first-order valence-electron chi connectivity index (χ1n) is 7.06. The van der Waals surface area contributed by atoms with Gasteiger partial charge in [0.25, 0.3) is 0 Å². The van der Waals surface area contributed by atoms with Gasteiger partial charge in [-0.2, -0.15) is 0 Å². The minimum absolute atomic E-state index is 0.330. The number of rotatable bonds is 7. The van der Waals surface area contributed by atoms with Gasteiger partial charge in [-0.1, -0.05) is 19.9 Å². The normalized spacial score (nSPS) is 14.9. The first-order chi connectivity index (χ1) is 9.24. The molecule has 1 atom stereocenters. The van der Waals surface area contributed by atoms with Gasteiger partial charge in [0, 0.05) is 12.6 Å². The summed E-state index contributed by atoms with van der Waals surface area (Å²) < 4.78 is 10.8. The molecule has 1 N–H and O–H groups in total. The molecule has 1 heterocycles. The molecule has 4 heteroatoms. The van der Waals surface area contributed by atoms with Crippen molar-refractivity contribution in [3.8, 4) is 11.5 Å². The SMILES string of the molecule is CCCN(C)CC(NCC)c1ccc2c(c1)OCO2. The number of likely N-dealkylation sites (N-methyl/N-ethyl adjacent to an activating group) is 2. The molecule has 1 aliphatic heterocycles. The van der Waals surface area contributed by atoms with Crippen molar-refractivity contribution in [1.29, 1.82) is 0 Å². The first kappa shape index (κ1) is 14.2. The lowest BCUT2D eigenvalue weighted by molar-refractivity contribution is 0.174. The van der Waals surface area contributed by atoms with Gasteiger partial charge in [-0.3, -0.25) is 0 Å². The van der Waals surface area contributed by atoms with Gasteiger partial charge in [-0.15, -0.1) is 0 Å². The smallest absolute Gasteiger partial charge is 0.231 e. The van der Waals surface area contributed by atoms with E-state index >= 15 is 0 Å². The molecule has 0 spiro atoms. The molecule has 106 valence electrons. The Morgan fingerprint density at radius 3 is 2.79 bits per heavy atom. The highest BCUT2D eigenvalue weighted by atomic mass is 16.7. The highest BCUT2D eigenvalue weighted by molar-refractivity contribution is 5.45. The zero-order valence-electron chi connectivity index (χ0n) is 12.1. The highest BCUT2D eigenvalue weighted by Gasteiger charge is 2.18. The number of nitrogens with zero attached hydrogens (tertiary/aromatic N) is 1. The second-order valence-corrected chi connectivity index (χ2v) is 4.99. The Labute approximate surface area is 115 Å². The molecular weight excluding hydrogens is 240 g/mol. The highest BCUT2D eigenvalue weighted by Crippen LogP contribution is 2.34. The number of hydrogen-bond donors (Lipinski definition) is 1. The van der Waals surface area contributed by atoms with Crippen molar-refractivity contribution in [3.05, 3.63) is 23.8 Å². The van der Waals surface area contributed by atoms with E-state index in [1.54, 1.807) is 0 Å². The van der Waals surface area contributed by atoms with Crippen LogP contribution in [0.3, 0.4) is 0 Å². The topological polar surface area (TPSA) is 33.7 Å². The summed E-state index contributed by atoms with van der Waals surface area (Å²) in [6, 6.07) is 6.55. The van der Waals surface area contributed by atoms with Crippen LogP contribution in [0.25, 0.3) is 0 Å². The molecule has 0 saturated carbocycles. The van der Waals surface area contributed by atoms with Gasteiger partial charge >= 0.3 is 0 Å². The zero-order chi connectivity index (χ0) is 13.7. The Balaban J connectivity index is 2.09. The minimum Gasteiger partial charge on any atom is -0.454 e. The Morgan fingerprint density at radius 1 is 1.26 bits per heavy atom. The summed E-state index contributed by atoms with van der Waals surface area (Å²) in [5.41, 5.74) is 1.26. The summed E-state index contributed by atoms with van der Waals surface area (Å²) >= 11 is 0. The summed E-state index contributed by atoms with van der Waals surface area (Å²) in [5.74, 6) is 1.71. The number of benzene rings is 1. The Kier molecular flexibility index (Phi) is 5.05. The van der Waals surface area contributed by atoms with E-state index in [1.165, 1.54) is 12.0 Å². The monoisotopic (exact) mass is 264 g/mol. The predicted octanol–water partition coefficient (Wildman–Crippen LogP) is 2.41. The van der Waals surface area contributed by atoms with E-state index < -0.39 is 0 Å². The van der Waals surface area contributed by atoms with Gasteiger partial charge in [0.05, 0.1) is 0 Å². The number of fused-ring (bicyclic) bond motifs is 1. The molecule has 1 unspecified atom stereocenters. The van der Waals surface area contributed by atoms with E-state index in [2.05, 4.69) is 43.2 Å². The van der Waals surface area contributed by atoms with Crippen LogP contribution in [-0.2, 0) is 0 Å². The molecule has 1 aromatic carbocycles. The van der Waals surface area contributed by atoms with Crippen LogP contribution in [0.15, 0.2) is 18.2 Å². The third-order valence-corrected chi connectivity index (χ3v) is 3.35. The first-order valence-corrected chi connectivity index (χ1v) is 7.06. The maximum Gasteiger partial charge on any atom is 0.231 e. The maximum atomic E-state index is 5.46. The van der Waals surface area contributed by atoms with Gasteiger partial charge < -0.3 is 19.7 Å². The van der Waals surface area contributed by atoms with Crippen LogP contribution in [0.2, 0.25) is 0 Å². The third kappa shape index (κ3) is 3.61. The molecule has 0 aliphatic carbocycles. The summed E-state index contributed by atoms with van der Waals surface area (Å²) in [6.45, 7) is 7.76. The summed E-state index contributed by atoms with van der Waals surface area (Å²) in [5, 5.41) is 3.54. The molecule has 1 aliphatic rings. The fourth-order valence-electron chi connectivity index (χ4n) is 2.45. The molecule has 0 amide bonds. The Morgan fingerprint density at radius 2 is 2.05 bits per heavy atom. The lowest BCUT2D eigenvalue weighted by atomic mass is 10.1. The van der Waals surface area contributed by atoms with Crippen molar-refractivity contribution in [1.82, 2.24) is 10.2 Å². The van der Waals surface area contributed by atoms with E-state index in [1.807, 2.05) is 6.07 Å². The molecule has 0 radical (unpaired) electrons. The fourth-order valence-corrected chi connectivity index (χ4v) is 2.45. The fraction of sp³-hybridized carbons (Fsp3) is 0.600. The van der Waals surface area contributed by atoms with E-state index in [0.717, 1.165) is 31.1 Å². The quantitative estimate of drug-likeness (QED) is 0.820. The van der Waals surface area contributed by atoms with Crippen molar-refractivity contribution in [2.24, 2.45) is 0 Å². The molecule has 0 bridgehead atoms.